The van der Waals surface area contributed by atoms with Crippen LogP contribution in [-0.2, 0) is 4.79 Å². The molecule has 0 bridgehead atoms. The maximum Gasteiger partial charge on any atom is 0.326 e. The van der Waals surface area contributed by atoms with E-state index in [2.05, 4.69) is 15.6 Å². The van der Waals surface area contributed by atoms with Gasteiger partial charge in [0.1, 0.15) is 6.04 Å². The lowest BCUT2D eigenvalue weighted by Crippen LogP contribution is -2.42. The van der Waals surface area contributed by atoms with Gasteiger partial charge in [-0.1, -0.05) is 33.6 Å². The summed E-state index contributed by atoms with van der Waals surface area (Å²) in [6, 6.07) is -1.39. The van der Waals surface area contributed by atoms with E-state index < -0.39 is 18.0 Å². The van der Waals surface area contributed by atoms with Crippen LogP contribution in [0.5, 0.6) is 0 Å². The van der Waals surface area contributed by atoms with E-state index in [-0.39, 0.29) is 0 Å². The summed E-state index contributed by atoms with van der Waals surface area (Å²) in [5, 5.41) is 16.4. The molecule has 0 aromatic carbocycles. The average Bonchev–Trinajstić information content (AvgIpc) is 2.82. The van der Waals surface area contributed by atoms with Crippen molar-refractivity contribution in [2.24, 2.45) is 0 Å². The molecule has 0 saturated carbocycles. The standard InChI is InChI=1S/C13H21N3O3S/c1-4-5-6-9(11(17)18)14-12(19)16-13-15-10(7-20-13)8(2)3/h7-9H,4-6H2,1-3H3,(H,17,18)(H2,14,15,16,19). The van der Waals surface area contributed by atoms with Crippen molar-refractivity contribution >= 4 is 28.5 Å². The Balaban J connectivity index is 2.54. The minimum Gasteiger partial charge on any atom is -0.480 e. The van der Waals surface area contributed by atoms with E-state index in [1.165, 1.54) is 11.3 Å². The molecular formula is C13H21N3O3S. The molecule has 0 saturated heterocycles. The fraction of sp³-hybridized carbons (Fsp3) is 0.615. The van der Waals surface area contributed by atoms with E-state index in [0.29, 0.717) is 17.5 Å². The van der Waals surface area contributed by atoms with Crippen molar-refractivity contribution in [3.05, 3.63) is 11.1 Å². The van der Waals surface area contributed by atoms with Gasteiger partial charge in [0.25, 0.3) is 0 Å². The van der Waals surface area contributed by atoms with E-state index >= 15 is 0 Å². The van der Waals surface area contributed by atoms with Crippen LogP contribution in [0.4, 0.5) is 9.93 Å². The zero-order chi connectivity index (χ0) is 15.1. The molecule has 1 aromatic heterocycles. The molecule has 1 heterocycles. The average molecular weight is 299 g/mol. The first-order valence-electron chi connectivity index (χ1n) is 6.69. The predicted molar refractivity (Wildman–Crippen MR) is 79.3 cm³/mol. The van der Waals surface area contributed by atoms with Gasteiger partial charge in [0.2, 0.25) is 0 Å². The van der Waals surface area contributed by atoms with Crippen LogP contribution < -0.4 is 10.6 Å². The van der Waals surface area contributed by atoms with Crippen molar-refractivity contribution < 1.29 is 14.7 Å². The van der Waals surface area contributed by atoms with Gasteiger partial charge >= 0.3 is 12.0 Å². The molecule has 2 amide bonds. The Kier molecular flexibility index (Phi) is 6.44. The number of unbranched alkanes of at least 4 members (excludes halogenated alkanes) is 1. The Bertz CT molecular complexity index is 459. The fourth-order valence-electron chi connectivity index (χ4n) is 1.57. The van der Waals surface area contributed by atoms with Gasteiger partial charge in [0.15, 0.2) is 5.13 Å². The van der Waals surface area contributed by atoms with Crippen LogP contribution in [-0.4, -0.2) is 28.1 Å². The number of hydrogen-bond donors (Lipinski definition) is 3. The summed E-state index contributed by atoms with van der Waals surface area (Å²) in [5.74, 6) is -0.725. The van der Waals surface area contributed by atoms with Gasteiger partial charge in [-0.2, -0.15) is 0 Å². The Labute approximate surface area is 122 Å². The second-order valence-electron chi connectivity index (χ2n) is 4.86. The lowest BCUT2D eigenvalue weighted by molar-refractivity contribution is -0.139. The highest BCUT2D eigenvalue weighted by atomic mass is 32.1. The summed E-state index contributed by atoms with van der Waals surface area (Å²) >= 11 is 1.33. The van der Waals surface area contributed by atoms with Crippen LogP contribution in [0, 0.1) is 0 Å². The first-order chi connectivity index (χ1) is 9.43. The maximum absolute atomic E-state index is 11.8. The SMILES string of the molecule is CCCCC(NC(=O)Nc1nc(C(C)C)cs1)C(=O)O. The summed E-state index contributed by atoms with van der Waals surface area (Å²) < 4.78 is 0. The lowest BCUT2D eigenvalue weighted by atomic mass is 10.1. The van der Waals surface area contributed by atoms with Gasteiger partial charge < -0.3 is 10.4 Å². The number of nitrogens with one attached hydrogen (secondary N) is 2. The summed E-state index contributed by atoms with van der Waals surface area (Å²) in [6.45, 7) is 6.01. The summed E-state index contributed by atoms with van der Waals surface area (Å²) in [7, 11) is 0. The number of carbonyl (C=O) groups excluding carboxylic acids is 1. The molecule has 0 aliphatic carbocycles. The Morgan fingerprint density at radius 2 is 2.15 bits per heavy atom. The number of hydrogen-bond acceptors (Lipinski definition) is 4. The third-order valence-corrected chi connectivity index (χ3v) is 3.56. The van der Waals surface area contributed by atoms with E-state index in [1.54, 1.807) is 0 Å². The second kappa shape index (κ2) is 7.84. The zero-order valence-electron chi connectivity index (χ0n) is 12.0. The van der Waals surface area contributed by atoms with Crippen LogP contribution in [0.25, 0.3) is 0 Å². The van der Waals surface area contributed by atoms with Crippen LogP contribution in [0.3, 0.4) is 0 Å². The highest BCUT2D eigenvalue weighted by Crippen LogP contribution is 2.21. The quantitative estimate of drug-likeness (QED) is 0.721. The number of aliphatic carboxylic acids is 1. The van der Waals surface area contributed by atoms with Crippen LogP contribution in [0.15, 0.2) is 5.38 Å². The molecule has 3 N–H and O–H groups in total. The molecular weight excluding hydrogens is 278 g/mol. The molecule has 0 aliphatic heterocycles. The topological polar surface area (TPSA) is 91.3 Å². The van der Waals surface area contributed by atoms with Gasteiger partial charge in [0, 0.05) is 5.38 Å². The molecule has 1 rings (SSSR count). The number of rotatable bonds is 7. The summed E-state index contributed by atoms with van der Waals surface area (Å²) in [6.07, 6.45) is 2.07. The molecule has 1 atom stereocenters. The van der Waals surface area contributed by atoms with Crippen molar-refractivity contribution in [2.75, 3.05) is 5.32 Å². The third kappa shape index (κ3) is 5.16. The fourth-order valence-corrected chi connectivity index (χ4v) is 2.43. The molecule has 1 unspecified atom stereocenters. The smallest absolute Gasteiger partial charge is 0.326 e. The highest BCUT2D eigenvalue weighted by Gasteiger charge is 2.19. The van der Waals surface area contributed by atoms with Crippen molar-refractivity contribution in [1.29, 1.82) is 0 Å². The van der Waals surface area contributed by atoms with Crippen molar-refractivity contribution in [1.82, 2.24) is 10.3 Å². The number of carboxylic acids is 1. The molecule has 1 aromatic rings. The van der Waals surface area contributed by atoms with Gasteiger partial charge in [-0.05, 0) is 12.3 Å². The van der Waals surface area contributed by atoms with E-state index in [1.807, 2.05) is 26.2 Å². The molecule has 0 radical (unpaired) electrons. The molecule has 7 heteroatoms. The minimum absolute atomic E-state index is 0.293. The maximum atomic E-state index is 11.8. The van der Waals surface area contributed by atoms with E-state index in [0.717, 1.165) is 18.5 Å². The number of carbonyl (C=O) groups is 2. The van der Waals surface area contributed by atoms with E-state index in [4.69, 9.17) is 5.11 Å². The highest BCUT2D eigenvalue weighted by molar-refractivity contribution is 7.13. The Morgan fingerprint density at radius 1 is 1.45 bits per heavy atom. The van der Waals surface area contributed by atoms with Gasteiger partial charge in [-0.15, -0.1) is 11.3 Å². The van der Waals surface area contributed by atoms with Crippen LogP contribution >= 0.6 is 11.3 Å². The van der Waals surface area contributed by atoms with Crippen molar-refractivity contribution in [3.63, 3.8) is 0 Å². The first kappa shape index (κ1) is 16.4. The Hall–Kier alpha value is -1.63. The van der Waals surface area contributed by atoms with Crippen molar-refractivity contribution in [2.45, 2.75) is 52.0 Å². The molecule has 0 spiro atoms. The Morgan fingerprint density at radius 3 is 2.65 bits per heavy atom. The minimum atomic E-state index is -1.02. The number of thiazole rings is 1. The molecule has 20 heavy (non-hydrogen) atoms. The van der Waals surface area contributed by atoms with Gasteiger partial charge in [0.05, 0.1) is 5.69 Å². The largest absolute Gasteiger partial charge is 0.480 e. The lowest BCUT2D eigenvalue weighted by Gasteiger charge is -2.13. The van der Waals surface area contributed by atoms with Crippen molar-refractivity contribution in [3.8, 4) is 0 Å². The van der Waals surface area contributed by atoms with Gasteiger partial charge in [-0.3, -0.25) is 5.32 Å². The number of amides is 2. The molecule has 0 aliphatic rings. The molecule has 112 valence electrons. The predicted octanol–water partition coefficient (Wildman–Crippen LogP) is 3.03. The first-order valence-corrected chi connectivity index (χ1v) is 7.57. The second-order valence-corrected chi connectivity index (χ2v) is 5.72. The summed E-state index contributed by atoms with van der Waals surface area (Å²) in [4.78, 5) is 27.0. The number of anilines is 1. The molecule has 0 fully saturated rings. The molecule has 6 nitrogen and oxygen atoms in total. The monoisotopic (exact) mass is 299 g/mol. The number of carboxylic acid groups (broad SMARTS) is 1. The number of aromatic nitrogens is 1. The van der Waals surface area contributed by atoms with Gasteiger partial charge in [-0.25, -0.2) is 14.6 Å². The zero-order valence-corrected chi connectivity index (χ0v) is 12.8. The summed E-state index contributed by atoms with van der Waals surface area (Å²) in [5.41, 5.74) is 0.908. The van der Waals surface area contributed by atoms with E-state index in [9.17, 15) is 9.59 Å². The van der Waals surface area contributed by atoms with Crippen LogP contribution in [0.1, 0.15) is 51.6 Å². The number of nitrogens with zero attached hydrogens (tertiary/aromatic N) is 1. The van der Waals surface area contributed by atoms with Crippen LogP contribution in [0.2, 0.25) is 0 Å². The number of urea groups is 1. The normalized spacial score (nSPS) is 12.2. The third-order valence-electron chi connectivity index (χ3n) is 2.78.